The van der Waals surface area contributed by atoms with Crippen LogP contribution < -0.4 is 5.11 Å². The van der Waals surface area contributed by atoms with E-state index in [9.17, 15) is 9.90 Å². The van der Waals surface area contributed by atoms with E-state index in [-0.39, 0.29) is 5.56 Å². The molecule has 24 heavy (non-hydrogen) atoms. The molecule has 3 aromatic carbocycles. The van der Waals surface area contributed by atoms with Crippen LogP contribution in [0.5, 0.6) is 0 Å². The fourth-order valence-electron chi connectivity index (χ4n) is 2.81. The minimum atomic E-state index is -1.14. The summed E-state index contributed by atoms with van der Waals surface area (Å²) in [5.41, 5.74) is 2.59. The van der Waals surface area contributed by atoms with Crippen LogP contribution in [-0.4, -0.2) is 5.97 Å². The second-order valence-electron chi connectivity index (χ2n) is 5.73. The second-order valence-corrected chi connectivity index (χ2v) is 7.72. The summed E-state index contributed by atoms with van der Waals surface area (Å²) in [6, 6.07) is 23.6. The number of aromatic carboxylic acids is 1. The number of hydrogen-bond acceptors (Lipinski definition) is 2. The van der Waals surface area contributed by atoms with Crippen molar-refractivity contribution in [3.63, 3.8) is 0 Å². The van der Waals surface area contributed by atoms with Gasteiger partial charge in [-0.1, -0.05) is 36.4 Å². The van der Waals surface area contributed by atoms with Crippen molar-refractivity contribution in [2.45, 2.75) is 28.5 Å². The Bertz CT molecular complexity index is 852. The largest absolute Gasteiger partial charge is 0.545 e. The van der Waals surface area contributed by atoms with Crippen LogP contribution in [-0.2, 0) is 10.9 Å². The van der Waals surface area contributed by atoms with Crippen molar-refractivity contribution >= 4 is 16.9 Å². The molecule has 0 aliphatic rings. The monoisotopic (exact) mass is 334 g/mol. The average molecular weight is 334 g/mol. The molecule has 0 amide bonds. The highest BCUT2D eigenvalue weighted by Crippen LogP contribution is 2.34. The van der Waals surface area contributed by atoms with Gasteiger partial charge in [-0.25, -0.2) is 0 Å². The van der Waals surface area contributed by atoms with E-state index in [1.165, 1.54) is 11.1 Å². The lowest BCUT2D eigenvalue weighted by Gasteiger charge is -2.13. The highest BCUT2D eigenvalue weighted by atomic mass is 32.2. The minimum Gasteiger partial charge on any atom is -0.545 e. The number of carboxylic acids is 1. The summed E-state index contributed by atoms with van der Waals surface area (Å²) in [5, 5.41) is 11.6. The lowest BCUT2D eigenvalue weighted by Crippen LogP contribution is -2.25. The number of aryl methyl sites for hydroxylation is 2. The lowest BCUT2D eigenvalue weighted by molar-refractivity contribution is -0.255. The van der Waals surface area contributed by atoms with Crippen molar-refractivity contribution < 1.29 is 9.90 Å². The summed E-state index contributed by atoms with van der Waals surface area (Å²) < 4.78 is 0. The fraction of sp³-hybridized carbons (Fsp3) is 0.0952. The van der Waals surface area contributed by atoms with E-state index in [2.05, 4.69) is 32.0 Å². The molecule has 0 fully saturated rings. The zero-order valence-corrected chi connectivity index (χ0v) is 14.5. The molecule has 0 aliphatic heterocycles. The number of hydrogen-bond donors (Lipinski definition) is 0. The molecular formula is C21H18O2S. The fourth-order valence-corrected chi connectivity index (χ4v) is 5.21. The van der Waals surface area contributed by atoms with Gasteiger partial charge in [0.25, 0.3) is 0 Å². The Balaban J connectivity index is 2.26. The van der Waals surface area contributed by atoms with Crippen molar-refractivity contribution in [3.8, 4) is 0 Å². The molecule has 0 saturated heterocycles. The van der Waals surface area contributed by atoms with Gasteiger partial charge in [-0.2, -0.15) is 0 Å². The van der Waals surface area contributed by atoms with Gasteiger partial charge in [0.05, 0.1) is 22.4 Å². The first-order valence-corrected chi connectivity index (χ1v) is 8.97. The topological polar surface area (TPSA) is 40.1 Å². The van der Waals surface area contributed by atoms with Crippen molar-refractivity contribution in [2.75, 3.05) is 0 Å². The molecule has 3 rings (SSSR count). The summed E-state index contributed by atoms with van der Waals surface area (Å²) >= 11 is 0. The molecule has 1 atom stereocenters. The van der Waals surface area contributed by atoms with Crippen molar-refractivity contribution in [1.29, 1.82) is 0 Å². The van der Waals surface area contributed by atoms with E-state index in [4.69, 9.17) is 0 Å². The maximum Gasteiger partial charge on any atom is 0.175 e. The van der Waals surface area contributed by atoms with Gasteiger partial charge < -0.3 is 9.90 Å². The zero-order valence-electron chi connectivity index (χ0n) is 13.7. The Hall–Kier alpha value is -2.52. The molecule has 0 bridgehead atoms. The van der Waals surface area contributed by atoms with E-state index in [0.717, 1.165) is 14.7 Å². The van der Waals surface area contributed by atoms with Crippen LogP contribution in [0.1, 0.15) is 21.5 Å². The predicted octanol–water partition coefficient (Wildman–Crippen LogP) is 3.76. The third kappa shape index (κ3) is 3.36. The predicted molar refractivity (Wildman–Crippen MR) is 95.3 cm³/mol. The SMILES string of the molecule is Cc1cc(C)cc([S+](c2ccccc2)c2ccccc2C(=O)[O-])c1. The zero-order chi connectivity index (χ0) is 17.1. The highest BCUT2D eigenvalue weighted by molar-refractivity contribution is 7.97. The molecule has 0 aromatic heterocycles. The number of carboxylic acid groups (broad SMARTS) is 1. The number of carbonyl (C=O) groups excluding carboxylic acids is 1. The summed E-state index contributed by atoms with van der Waals surface area (Å²) in [6.45, 7) is 4.13. The summed E-state index contributed by atoms with van der Waals surface area (Å²) in [5.74, 6) is -1.14. The average Bonchev–Trinajstić information content (AvgIpc) is 2.55. The van der Waals surface area contributed by atoms with Gasteiger partial charge in [-0.15, -0.1) is 0 Å². The van der Waals surface area contributed by atoms with Crippen LogP contribution in [0.4, 0.5) is 0 Å². The molecule has 1 unspecified atom stereocenters. The third-order valence-corrected chi connectivity index (χ3v) is 5.98. The Labute approximate surface area is 145 Å². The van der Waals surface area contributed by atoms with Gasteiger partial charge in [0, 0.05) is 0 Å². The van der Waals surface area contributed by atoms with Crippen LogP contribution in [0.2, 0.25) is 0 Å². The van der Waals surface area contributed by atoms with E-state index in [1.54, 1.807) is 12.1 Å². The Morgan fingerprint density at radius 1 is 0.792 bits per heavy atom. The smallest absolute Gasteiger partial charge is 0.175 e. The van der Waals surface area contributed by atoms with Crippen LogP contribution in [0.15, 0.2) is 87.5 Å². The van der Waals surface area contributed by atoms with Crippen LogP contribution in [0, 0.1) is 13.8 Å². The molecule has 3 heteroatoms. The van der Waals surface area contributed by atoms with Gasteiger partial charge in [-0.3, -0.25) is 0 Å². The summed E-state index contributed by atoms with van der Waals surface area (Å²) in [7, 11) is -0.488. The summed E-state index contributed by atoms with van der Waals surface area (Å²) in [4.78, 5) is 14.6. The molecule has 120 valence electrons. The number of rotatable bonds is 4. The normalized spacial score (nSPS) is 11.9. The number of benzene rings is 3. The third-order valence-electron chi connectivity index (χ3n) is 3.74. The Morgan fingerprint density at radius 3 is 2.00 bits per heavy atom. The van der Waals surface area contributed by atoms with Crippen LogP contribution >= 0.6 is 0 Å². The van der Waals surface area contributed by atoms with Gasteiger partial charge in [-0.05, 0) is 61.4 Å². The standard InChI is InChI=1S/C21H18O2S/c1-15-12-16(2)14-18(13-15)24(17-8-4-3-5-9-17)20-11-7-6-10-19(20)21(22)23/h3-14H,1-2H3. The van der Waals surface area contributed by atoms with E-state index in [0.29, 0.717) is 0 Å². The molecule has 0 spiro atoms. The van der Waals surface area contributed by atoms with Crippen molar-refractivity contribution in [2.24, 2.45) is 0 Å². The summed E-state index contributed by atoms with van der Waals surface area (Å²) in [6.07, 6.45) is 0. The highest BCUT2D eigenvalue weighted by Gasteiger charge is 2.31. The van der Waals surface area contributed by atoms with Crippen LogP contribution in [0.3, 0.4) is 0 Å². The molecule has 0 radical (unpaired) electrons. The molecule has 0 saturated carbocycles. The van der Waals surface area contributed by atoms with Crippen molar-refractivity contribution in [3.05, 3.63) is 89.5 Å². The minimum absolute atomic E-state index is 0.254. The van der Waals surface area contributed by atoms with E-state index < -0.39 is 16.9 Å². The molecule has 0 N–H and O–H groups in total. The molecule has 0 heterocycles. The Morgan fingerprint density at radius 2 is 1.38 bits per heavy atom. The van der Waals surface area contributed by atoms with E-state index >= 15 is 0 Å². The van der Waals surface area contributed by atoms with Crippen LogP contribution in [0.25, 0.3) is 0 Å². The van der Waals surface area contributed by atoms with Gasteiger partial charge in [0.2, 0.25) is 0 Å². The first-order chi connectivity index (χ1) is 11.6. The van der Waals surface area contributed by atoms with Crippen molar-refractivity contribution in [1.82, 2.24) is 0 Å². The quantitative estimate of drug-likeness (QED) is 0.682. The number of carbonyl (C=O) groups is 1. The maximum atomic E-state index is 11.6. The second kappa shape index (κ2) is 6.93. The first-order valence-electron chi connectivity index (χ1n) is 7.74. The van der Waals surface area contributed by atoms with E-state index in [1.807, 2.05) is 42.5 Å². The van der Waals surface area contributed by atoms with Gasteiger partial charge >= 0.3 is 0 Å². The molecule has 2 nitrogen and oxygen atoms in total. The van der Waals surface area contributed by atoms with Gasteiger partial charge in [0.1, 0.15) is 0 Å². The molecular weight excluding hydrogens is 316 g/mol. The first kappa shape index (κ1) is 16.3. The van der Waals surface area contributed by atoms with Gasteiger partial charge in [0.15, 0.2) is 14.7 Å². The maximum absolute atomic E-state index is 11.6. The Kier molecular flexibility index (Phi) is 4.72. The molecule has 3 aromatic rings. The lowest BCUT2D eigenvalue weighted by atomic mass is 10.2. The molecule has 0 aliphatic carbocycles.